The van der Waals surface area contributed by atoms with Gasteiger partial charge in [-0.2, -0.15) is 0 Å². The number of benzene rings is 1. The van der Waals surface area contributed by atoms with Crippen LogP contribution in [0.15, 0.2) is 24.3 Å². The second kappa shape index (κ2) is 8.18. The molecule has 0 radical (unpaired) electrons. The second-order valence-corrected chi connectivity index (χ2v) is 2.16. The standard InChI is InChI=1S/C8H6O4.Mg.H2O2.2H/c9-7(10)5-3-1-2-4-6(5)8(11)12;;1-2;;/h1-4H,(H,9,10)(H,11,12);;1-2H;;. The summed E-state index contributed by atoms with van der Waals surface area (Å²) in [7, 11) is 0. The summed E-state index contributed by atoms with van der Waals surface area (Å²) in [5, 5.41) is 29.1. The second-order valence-electron chi connectivity index (χ2n) is 2.16. The van der Waals surface area contributed by atoms with E-state index < -0.39 is 11.9 Å². The largest absolute Gasteiger partial charge is 0.478 e. The quantitative estimate of drug-likeness (QED) is 0.325. The van der Waals surface area contributed by atoms with E-state index in [4.69, 9.17) is 20.7 Å². The fourth-order valence-corrected chi connectivity index (χ4v) is 0.856. The van der Waals surface area contributed by atoms with E-state index in [0.29, 0.717) is 0 Å². The molecule has 7 heteroatoms. The van der Waals surface area contributed by atoms with Crippen LogP contribution in [0, 0.1) is 0 Å². The fourth-order valence-electron chi connectivity index (χ4n) is 0.856. The Hall–Kier alpha value is -1.15. The third-order valence-electron chi connectivity index (χ3n) is 1.39. The van der Waals surface area contributed by atoms with Crippen molar-refractivity contribution in [2.75, 3.05) is 0 Å². The van der Waals surface area contributed by atoms with Gasteiger partial charge >= 0.3 is 35.0 Å². The Kier molecular flexibility index (Phi) is 8.88. The minimum absolute atomic E-state index is 0. The molecule has 0 aliphatic rings. The molecule has 0 spiro atoms. The van der Waals surface area contributed by atoms with Crippen molar-refractivity contribution in [3.63, 3.8) is 0 Å². The summed E-state index contributed by atoms with van der Waals surface area (Å²) in [6, 6.07) is 5.48. The van der Waals surface area contributed by atoms with Crippen LogP contribution in [0.25, 0.3) is 0 Å². The summed E-state index contributed by atoms with van der Waals surface area (Å²) in [6.07, 6.45) is 0. The van der Waals surface area contributed by atoms with Crippen molar-refractivity contribution >= 4 is 35.0 Å². The molecule has 0 bridgehead atoms. The summed E-state index contributed by atoms with van der Waals surface area (Å²) < 4.78 is 0. The molecule has 0 unspecified atom stereocenters. The summed E-state index contributed by atoms with van der Waals surface area (Å²) in [4.78, 5) is 20.9. The molecule has 4 N–H and O–H groups in total. The smallest absolute Gasteiger partial charge is 0.336 e. The highest BCUT2D eigenvalue weighted by molar-refractivity contribution is 6.01. The molecule has 0 fully saturated rings. The molecular formula is C8H10MgO6. The van der Waals surface area contributed by atoms with Gasteiger partial charge in [0, 0.05) is 0 Å². The Morgan fingerprint density at radius 2 is 1.13 bits per heavy atom. The lowest BCUT2D eigenvalue weighted by Crippen LogP contribution is -2.06. The van der Waals surface area contributed by atoms with Gasteiger partial charge in [-0.15, -0.1) is 0 Å². The molecule has 1 rings (SSSR count). The lowest BCUT2D eigenvalue weighted by Gasteiger charge is -1.98. The Morgan fingerprint density at radius 1 is 0.867 bits per heavy atom. The molecule has 0 atom stereocenters. The van der Waals surface area contributed by atoms with Crippen molar-refractivity contribution in [2.45, 2.75) is 0 Å². The van der Waals surface area contributed by atoms with Crippen molar-refractivity contribution in [1.29, 1.82) is 0 Å². The van der Waals surface area contributed by atoms with Gasteiger partial charge < -0.3 is 10.2 Å². The predicted octanol–water partition coefficient (Wildman–Crippen LogP) is 0.184. The maximum absolute atomic E-state index is 10.5. The van der Waals surface area contributed by atoms with Crippen LogP contribution in [0.5, 0.6) is 0 Å². The number of aromatic carboxylic acids is 2. The molecule has 1 aromatic rings. The Labute approximate surface area is 101 Å². The van der Waals surface area contributed by atoms with Gasteiger partial charge in [-0.3, -0.25) is 10.5 Å². The molecule has 80 valence electrons. The van der Waals surface area contributed by atoms with Crippen LogP contribution in [0.1, 0.15) is 20.7 Å². The highest BCUT2D eigenvalue weighted by atomic mass is 24.3. The Balaban J connectivity index is 0. The van der Waals surface area contributed by atoms with Gasteiger partial charge in [0.15, 0.2) is 0 Å². The van der Waals surface area contributed by atoms with Crippen LogP contribution in [-0.2, 0) is 0 Å². The van der Waals surface area contributed by atoms with Crippen molar-refractivity contribution < 1.29 is 30.3 Å². The monoisotopic (exact) mass is 226 g/mol. The van der Waals surface area contributed by atoms with E-state index in [2.05, 4.69) is 0 Å². The van der Waals surface area contributed by atoms with E-state index in [1.165, 1.54) is 24.3 Å². The number of hydrogen-bond acceptors (Lipinski definition) is 4. The number of carbonyl (C=O) groups is 2. The van der Waals surface area contributed by atoms with Gasteiger partial charge in [0.25, 0.3) is 0 Å². The summed E-state index contributed by atoms with van der Waals surface area (Å²) >= 11 is 0. The SMILES string of the molecule is O=C(O)c1ccccc1C(=O)O.OO.[MgH2]. The van der Waals surface area contributed by atoms with Gasteiger partial charge in [0.1, 0.15) is 0 Å². The van der Waals surface area contributed by atoms with Crippen LogP contribution in [0.4, 0.5) is 0 Å². The van der Waals surface area contributed by atoms with Gasteiger partial charge in [0.2, 0.25) is 0 Å². The molecular weight excluding hydrogens is 216 g/mol. The minimum Gasteiger partial charge on any atom is -0.478 e. The summed E-state index contributed by atoms with van der Waals surface area (Å²) in [5.74, 6) is -2.46. The average molecular weight is 226 g/mol. The van der Waals surface area contributed by atoms with Crippen LogP contribution < -0.4 is 0 Å². The topological polar surface area (TPSA) is 115 Å². The lowest BCUT2D eigenvalue weighted by atomic mass is 10.1. The third-order valence-corrected chi connectivity index (χ3v) is 1.39. The normalized spacial score (nSPS) is 7.87. The highest BCUT2D eigenvalue weighted by Gasteiger charge is 2.13. The van der Waals surface area contributed by atoms with E-state index >= 15 is 0 Å². The number of rotatable bonds is 2. The fraction of sp³-hybridized carbons (Fsp3) is 0. The van der Waals surface area contributed by atoms with E-state index in [-0.39, 0.29) is 34.2 Å². The number of carboxylic acids is 2. The van der Waals surface area contributed by atoms with Gasteiger partial charge in [0.05, 0.1) is 11.1 Å². The Morgan fingerprint density at radius 3 is 1.33 bits per heavy atom. The molecule has 6 nitrogen and oxygen atoms in total. The molecule has 0 saturated carbocycles. The summed E-state index contributed by atoms with van der Waals surface area (Å²) in [6.45, 7) is 0. The van der Waals surface area contributed by atoms with Crippen molar-refractivity contribution in [1.82, 2.24) is 0 Å². The van der Waals surface area contributed by atoms with Crippen LogP contribution in [0.3, 0.4) is 0 Å². The molecule has 0 heterocycles. The first kappa shape index (κ1) is 16.3. The molecule has 0 saturated heterocycles. The lowest BCUT2D eigenvalue weighted by molar-refractivity contribution is -0.176. The molecule has 1 aromatic carbocycles. The molecule has 15 heavy (non-hydrogen) atoms. The van der Waals surface area contributed by atoms with E-state index in [1.807, 2.05) is 0 Å². The average Bonchev–Trinajstić information content (AvgIpc) is 2.20. The highest BCUT2D eigenvalue weighted by Crippen LogP contribution is 2.07. The number of carboxylic acid groups (broad SMARTS) is 2. The number of hydrogen-bond donors (Lipinski definition) is 4. The maximum Gasteiger partial charge on any atom is 0.336 e. The molecule has 0 amide bonds. The molecule has 0 aliphatic heterocycles. The molecule has 0 aromatic heterocycles. The zero-order valence-electron chi connectivity index (χ0n) is 6.91. The first-order valence-electron chi connectivity index (χ1n) is 3.38. The zero-order chi connectivity index (χ0) is 11.1. The first-order chi connectivity index (χ1) is 6.63. The Bertz CT molecular complexity index is 305. The van der Waals surface area contributed by atoms with E-state index in [9.17, 15) is 9.59 Å². The van der Waals surface area contributed by atoms with Crippen LogP contribution in [0.2, 0.25) is 0 Å². The van der Waals surface area contributed by atoms with Gasteiger partial charge in [-0.25, -0.2) is 9.59 Å². The van der Waals surface area contributed by atoms with Crippen molar-refractivity contribution in [3.05, 3.63) is 35.4 Å². The minimum atomic E-state index is -1.23. The van der Waals surface area contributed by atoms with Gasteiger partial charge in [-0.05, 0) is 12.1 Å². The van der Waals surface area contributed by atoms with Crippen molar-refractivity contribution in [2.24, 2.45) is 0 Å². The van der Waals surface area contributed by atoms with Gasteiger partial charge in [-0.1, -0.05) is 12.1 Å². The maximum atomic E-state index is 10.5. The zero-order valence-corrected chi connectivity index (χ0v) is 6.91. The van der Waals surface area contributed by atoms with E-state index in [1.54, 1.807) is 0 Å². The third kappa shape index (κ3) is 4.75. The summed E-state index contributed by atoms with van der Waals surface area (Å²) in [5.41, 5.74) is -0.380. The van der Waals surface area contributed by atoms with E-state index in [0.717, 1.165) is 0 Å². The molecule has 0 aliphatic carbocycles. The first-order valence-corrected chi connectivity index (χ1v) is 3.38. The predicted molar refractivity (Wildman–Crippen MR) is 54.2 cm³/mol. The van der Waals surface area contributed by atoms with Crippen molar-refractivity contribution in [3.8, 4) is 0 Å². The van der Waals surface area contributed by atoms with Crippen LogP contribution >= 0.6 is 0 Å². The van der Waals surface area contributed by atoms with Crippen LogP contribution in [-0.4, -0.2) is 55.7 Å².